The second-order valence-corrected chi connectivity index (χ2v) is 7.12. The van der Waals surface area contributed by atoms with Gasteiger partial charge >= 0.3 is 0 Å². The molecule has 3 aliphatic rings. The Bertz CT molecular complexity index is 277. The molecule has 1 atom stereocenters. The van der Waals surface area contributed by atoms with Crippen LogP contribution in [0.2, 0.25) is 0 Å². The predicted molar refractivity (Wildman–Crippen MR) is 74.6 cm³/mol. The van der Waals surface area contributed by atoms with E-state index in [0.717, 1.165) is 30.9 Å². The van der Waals surface area contributed by atoms with Gasteiger partial charge in [0.25, 0.3) is 0 Å². The molecule has 104 valence electrons. The van der Waals surface area contributed by atoms with Crippen LogP contribution in [-0.2, 0) is 4.74 Å². The molecule has 2 aliphatic carbocycles. The molecule has 1 aliphatic heterocycles. The van der Waals surface area contributed by atoms with Crippen LogP contribution in [0, 0.1) is 17.8 Å². The van der Waals surface area contributed by atoms with E-state index in [1.165, 1.54) is 44.9 Å². The summed E-state index contributed by atoms with van der Waals surface area (Å²) in [4.78, 5) is 0. The third-order valence-electron chi connectivity index (χ3n) is 5.86. The Labute approximate surface area is 112 Å². The number of hydrogen-bond donors (Lipinski definition) is 1. The van der Waals surface area contributed by atoms with E-state index in [-0.39, 0.29) is 5.60 Å². The molecular formula is C16H29NO. The van der Waals surface area contributed by atoms with Crippen molar-refractivity contribution in [1.29, 1.82) is 0 Å². The molecule has 3 fully saturated rings. The molecule has 1 unspecified atom stereocenters. The third-order valence-corrected chi connectivity index (χ3v) is 5.86. The normalized spacial score (nSPS) is 42.2. The van der Waals surface area contributed by atoms with E-state index in [4.69, 9.17) is 4.74 Å². The molecule has 0 amide bonds. The minimum absolute atomic E-state index is 0.203. The van der Waals surface area contributed by atoms with E-state index in [1.54, 1.807) is 0 Å². The van der Waals surface area contributed by atoms with Crippen molar-refractivity contribution in [3.63, 3.8) is 0 Å². The fourth-order valence-electron chi connectivity index (χ4n) is 4.36. The molecule has 2 saturated carbocycles. The van der Waals surface area contributed by atoms with Gasteiger partial charge in [-0.2, -0.15) is 0 Å². The predicted octanol–water partition coefficient (Wildman–Crippen LogP) is 3.36. The highest BCUT2D eigenvalue weighted by Crippen LogP contribution is 2.46. The molecule has 1 N–H and O–H groups in total. The lowest BCUT2D eigenvalue weighted by molar-refractivity contribution is -0.144. The number of ether oxygens (including phenoxy) is 1. The van der Waals surface area contributed by atoms with Gasteiger partial charge in [-0.25, -0.2) is 0 Å². The molecule has 0 bridgehead atoms. The monoisotopic (exact) mass is 251 g/mol. The minimum Gasteiger partial charge on any atom is -0.372 e. The standard InChI is InChI=1S/C16H29NO/c1-12(2)13-6-8-16(9-7-13)15(14-4-3-5-14)17-10-11-18-16/h12-15,17H,3-11H2,1-2H3. The Balaban J connectivity index is 1.68. The molecule has 3 rings (SSSR count). The van der Waals surface area contributed by atoms with E-state index < -0.39 is 0 Å². The molecule has 1 saturated heterocycles. The van der Waals surface area contributed by atoms with Gasteiger partial charge in [-0.1, -0.05) is 20.3 Å². The maximum Gasteiger partial charge on any atom is 0.0838 e. The fraction of sp³-hybridized carbons (Fsp3) is 1.00. The van der Waals surface area contributed by atoms with Crippen molar-refractivity contribution in [2.45, 2.75) is 70.4 Å². The molecule has 2 nitrogen and oxygen atoms in total. The van der Waals surface area contributed by atoms with Crippen molar-refractivity contribution in [3.05, 3.63) is 0 Å². The molecule has 2 heteroatoms. The number of rotatable bonds is 2. The highest BCUT2D eigenvalue weighted by Gasteiger charge is 2.48. The molecule has 18 heavy (non-hydrogen) atoms. The van der Waals surface area contributed by atoms with Crippen molar-refractivity contribution >= 4 is 0 Å². The first-order chi connectivity index (χ1) is 8.71. The molecule has 1 spiro atoms. The van der Waals surface area contributed by atoms with Crippen molar-refractivity contribution < 1.29 is 4.74 Å². The molecular weight excluding hydrogens is 222 g/mol. The molecule has 1 heterocycles. The Morgan fingerprint density at radius 2 is 1.83 bits per heavy atom. The van der Waals surface area contributed by atoms with Crippen molar-refractivity contribution in [3.8, 4) is 0 Å². The lowest BCUT2D eigenvalue weighted by atomic mass is 9.65. The second-order valence-electron chi connectivity index (χ2n) is 7.12. The van der Waals surface area contributed by atoms with Crippen LogP contribution in [0.3, 0.4) is 0 Å². The van der Waals surface area contributed by atoms with Gasteiger partial charge in [0.15, 0.2) is 0 Å². The molecule has 0 aromatic carbocycles. The summed E-state index contributed by atoms with van der Waals surface area (Å²) < 4.78 is 6.34. The summed E-state index contributed by atoms with van der Waals surface area (Å²) in [5.41, 5.74) is 0.203. The summed E-state index contributed by atoms with van der Waals surface area (Å²) in [6, 6.07) is 0.660. The molecule has 0 radical (unpaired) electrons. The maximum atomic E-state index is 6.34. The summed E-state index contributed by atoms with van der Waals surface area (Å²) in [5.74, 6) is 2.69. The highest BCUT2D eigenvalue weighted by atomic mass is 16.5. The lowest BCUT2D eigenvalue weighted by Gasteiger charge is -2.53. The Morgan fingerprint density at radius 3 is 2.39 bits per heavy atom. The Morgan fingerprint density at radius 1 is 1.11 bits per heavy atom. The van der Waals surface area contributed by atoms with Crippen LogP contribution in [0.4, 0.5) is 0 Å². The number of nitrogens with one attached hydrogen (secondary N) is 1. The van der Waals surface area contributed by atoms with Gasteiger partial charge in [0.2, 0.25) is 0 Å². The highest BCUT2D eigenvalue weighted by molar-refractivity contribution is 5.03. The van der Waals surface area contributed by atoms with Crippen LogP contribution in [-0.4, -0.2) is 24.8 Å². The largest absolute Gasteiger partial charge is 0.372 e. The van der Waals surface area contributed by atoms with Crippen LogP contribution in [0.1, 0.15) is 58.8 Å². The zero-order valence-electron chi connectivity index (χ0n) is 12.1. The van der Waals surface area contributed by atoms with E-state index >= 15 is 0 Å². The average molecular weight is 251 g/mol. The summed E-state index contributed by atoms with van der Waals surface area (Å²) in [6.45, 7) is 6.75. The first-order valence-electron chi connectivity index (χ1n) is 8.09. The van der Waals surface area contributed by atoms with Crippen LogP contribution in [0.5, 0.6) is 0 Å². The quantitative estimate of drug-likeness (QED) is 0.812. The Hall–Kier alpha value is -0.0800. The third kappa shape index (κ3) is 2.22. The van der Waals surface area contributed by atoms with E-state index in [9.17, 15) is 0 Å². The van der Waals surface area contributed by atoms with Crippen LogP contribution >= 0.6 is 0 Å². The van der Waals surface area contributed by atoms with Gasteiger partial charge < -0.3 is 10.1 Å². The smallest absolute Gasteiger partial charge is 0.0838 e. The fourth-order valence-corrected chi connectivity index (χ4v) is 4.36. The van der Waals surface area contributed by atoms with Gasteiger partial charge in [0, 0.05) is 12.6 Å². The van der Waals surface area contributed by atoms with Crippen molar-refractivity contribution in [1.82, 2.24) is 5.32 Å². The van der Waals surface area contributed by atoms with E-state index in [2.05, 4.69) is 19.2 Å². The van der Waals surface area contributed by atoms with Crippen LogP contribution in [0.15, 0.2) is 0 Å². The van der Waals surface area contributed by atoms with Gasteiger partial charge in [0.1, 0.15) is 0 Å². The maximum absolute atomic E-state index is 6.34. The van der Waals surface area contributed by atoms with E-state index in [0.29, 0.717) is 6.04 Å². The van der Waals surface area contributed by atoms with Gasteiger partial charge in [-0.15, -0.1) is 0 Å². The van der Waals surface area contributed by atoms with Crippen LogP contribution in [0.25, 0.3) is 0 Å². The van der Waals surface area contributed by atoms with Gasteiger partial charge in [0.05, 0.1) is 12.2 Å². The van der Waals surface area contributed by atoms with Gasteiger partial charge in [-0.05, 0) is 56.3 Å². The van der Waals surface area contributed by atoms with Crippen LogP contribution < -0.4 is 5.32 Å². The average Bonchev–Trinajstić information content (AvgIpc) is 2.31. The summed E-state index contributed by atoms with van der Waals surface area (Å²) in [5, 5.41) is 3.80. The summed E-state index contributed by atoms with van der Waals surface area (Å²) >= 11 is 0. The second kappa shape index (κ2) is 5.13. The Kier molecular flexibility index (Phi) is 3.68. The first kappa shape index (κ1) is 12.9. The lowest BCUT2D eigenvalue weighted by Crippen LogP contribution is -2.63. The van der Waals surface area contributed by atoms with E-state index in [1.807, 2.05) is 0 Å². The topological polar surface area (TPSA) is 21.3 Å². The number of hydrogen-bond acceptors (Lipinski definition) is 2. The molecule has 0 aromatic rings. The van der Waals surface area contributed by atoms with Gasteiger partial charge in [-0.3, -0.25) is 0 Å². The zero-order valence-corrected chi connectivity index (χ0v) is 12.1. The van der Waals surface area contributed by atoms with Crippen molar-refractivity contribution in [2.24, 2.45) is 17.8 Å². The van der Waals surface area contributed by atoms with Crippen molar-refractivity contribution in [2.75, 3.05) is 13.2 Å². The number of morpholine rings is 1. The summed E-state index contributed by atoms with van der Waals surface area (Å²) in [6.07, 6.45) is 9.64. The SMILES string of the molecule is CC(C)C1CCC2(CC1)OCCNC2C1CCC1. The zero-order chi connectivity index (χ0) is 12.6. The minimum atomic E-state index is 0.203. The molecule has 0 aromatic heterocycles. The summed E-state index contributed by atoms with van der Waals surface area (Å²) in [7, 11) is 0. The first-order valence-corrected chi connectivity index (χ1v) is 8.09.